The van der Waals surface area contributed by atoms with Gasteiger partial charge in [0.1, 0.15) is 11.5 Å². The van der Waals surface area contributed by atoms with Crippen LogP contribution < -0.4 is 9.47 Å². The normalized spacial score (nSPS) is 46.6. The predicted octanol–water partition coefficient (Wildman–Crippen LogP) is 9.72. The fourth-order valence-corrected chi connectivity index (χ4v) is 17.2. The van der Waals surface area contributed by atoms with Gasteiger partial charge in [-0.1, -0.05) is 12.1 Å². The molecule has 14 rings (SSSR count). The molecule has 0 radical (unpaired) electrons. The number of benzene rings is 2. The Kier molecular flexibility index (Phi) is 6.31. The van der Waals surface area contributed by atoms with Crippen molar-refractivity contribution in [3.05, 3.63) is 59.7 Å². The van der Waals surface area contributed by atoms with Gasteiger partial charge in [-0.3, -0.25) is 0 Å². The first kappa shape index (κ1) is 30.6. The first-order chi connectivity index (χ1) is 24.1. The van der Waals surface area contributed by atoms with E-state index in [9.17, 15) is 19.8 Å². The average molecular weight is 677 g/mol. The molecule has 0 spiro atoms. The van der Waals surface area contributed by atoms with Crippen molar-refractivity contribution in [1.29, 1.82) is 0 Å². The molecule has 6 heteroatoms. The summed E-state index contributed by atoms with van der Waals surface area (Å²) >= 11 is 0. The number of aromatic carboxylic acids is 2. The van der Waals surface area contributed by atoms with Crippen LogP contribution in [0.4, 0.5) is 0 Å². The van der Waals surface area contributed by atoms with Crippen LogP contribution >= 0.6 is 0 Å². The molecule has 0 aromatic heterocycles. The first-order valence-electron chi connectivity index (χ1n) is 20.2. The minimum atomic E-state index is -0.999. The van der Waals surface area contributed by atoms with Gasteiger partial charge in [0.15, 0.2) is 0 Å². The average Bonchev–Trinajstić information content (AvgIpc) is 3.06. The van der Waals surface area contributed by atoms with E-state index >= 15 is 0 Å². The van der Waals surface area contributed by atoms with Gasteiger partial charge >= 0.3 is 11.9 Å². The van der Waals surface area contributed by atoms with Crippen LogP contribution in [-0.4, -0.2) is 27.9 Å². The summed E-state index contributed by atoms with van der Waals surface area (Å²) in [4.78, 5) is 24.5. The molecule has 5 unspecified atom stereocenters. The van der Waals surface area contributed by atoms with Gasteiger partial charge in [0.2, 0.25) is 0 Å². The van der Waals surface area contributed by atoms with Gasteiger partial charge in [0, 0.05) is 5.92 Å². The second-order valence-electron chi connectivity index (χ2n) is 19.7. The third kappa shape index (κ3) is 4.08. The van der Waals surface area contributed by atoms with E-state index in [1.807, 2.05) is 24.3 Å². The molecular formula is C44H52O6. The Morgan fingerprint density at radius 3 is 1.46 bits per heavy atom. The summed E-state index contributed by atoms with van der Waals surface area (Å²) in [6.45, 7) is 0. The lowest BCUT2D eigenvalue weighted by Gasteiger charge is -2.79. The highest BCUT2D eigenvalue weighted by Crippen LogP contribution is 2.83. The standard InChI is InChI=1S/C44H52O6/c45-39(46)32-3-1-5-36(16-32)49-44(50-37-6-2-4-33(17-37)40(47)48)35-14-30-11-31(15-35)24-43(44,23-30)42-21-28-10-29(22-42)13-34(12-28)38(42)41-18-25-7-26(19-41)9-27(8-25)20-41/h1-6,16-17,25-31,34-35,38H,7-15,18-24H2,(H,45,46)(H,47,48). The Bertz CT molecular complexity index is 1640. The Hall–Kier alpha value is -3.02. The molecule has 2 aromatic rings. The Labute approximate surface area is 295 Å². The van der Waals surface area contributed by atoms with Crippen molar-refractivity contribution >= 4 is 11.9 Å². The minimum absolute atomic E-state index is 0.109. The van der Waals surface area contributed by atoms with Gasteiger partial charge in [-0.25, -0.2) is 9.59 Å². The quantitative estimate of drug-likeness (QED) is 0.271. The second kappa shape index (κ2) is 10.3. The Morgan fingerprint density at radius 2 is 1.00 bits per heavy atom. The lowest BCUT2D eigenvalue weighted by Crippen LogP contribution is -2.79. The fraction of sp³-hybridized carbons (Fsp3) is 0.682. The summed E-state index contributed by atoms with van der Waals surface area (Å²) in [5.41, 5.74) is 0.762. The number of rotatable bonds is 8. The van der Waals surface area contributed by atoms with Crippen LogP contribution in [0.3, 0.4) is 0 Å². The first-order valence-corrected chi connectivity index (χ1v) is 20.2. The zero-order chi connectivity index (χ0) is 33.6. The van der Waals surface area contributed by atoms with E-state index in [0.717, 1.165) is 61.2 Å². The van der Waals surface area contributed by atoms with Gasteiger partial charge in [-0.2, -0.15) is 0 Å². The fourth-order valence-electron chi connectivity index (χ4n) is 17.2. The van der Waals surface area contributed by atoms with Crippen molar-refractivity contribution in [1.82, 2.24) is 0 Å². The molecule has 0 amide bonds. The van der Waals surface area contributed by atoms with Crippen LogP contribution in [0.15, 0.2) is 48.5 Å². The molecule has 0 saturated heterocycles. The van der Waals surface area contributed by atoms with Crippen molar-refractivity contribution in [2.45, 2.75) is 109 Å². The highest BCUT2D eigenvalue weighted by Gasteiger charge is 2.81. The summed E-state index contributed by atoms with van der Waals surface area (Å²) in [6, 6.07) is 14.2. The Morgan fingerprint density at radius 1 is 0.560 bits per heavy atom. The summed E-state index contributed by atoms with van der Waals surface area (Å²) in [6.07, 6.45) is 21.1. The third-order valence-corrected chi connectivity index (χ3v) is 17.1. The lowest BCUT2D eigenvalue weighted by atomic mass is 9.27. The van der Waals surface area contributed by atoms with Gasteiger partial charge < -0.3 is 19.7 Å². The molecule has 50 heavy (non-hydrogen) atoms. The molecule has 12 bridgehead atoms. The second-order valence-corrected chi connectivity index (χ2v) is 19.7. The number of carboxylic acids is 2. The van der Waals surface area contributed by atoms with Crippen LogP contribution in [0.5, 0.6) is 11.5 Å². The molecule has 264 valence electrons. The van der Waals surface area contributed by atoms with Crippen LogP contribution in [0, 0.1) is 75.4 Å². The maximum atomic E-state index is 12.3. The van der Waals surface area contributed by atoms with Crippen molar-refractivity contribution < 1.29 is 29.3 Å². The smallest absolute Gasteiger partial charge is 0.335 e. The molecule has 6 nitrogen and oxygen atoms in total. The zero-order valence-corrected chi connectivity index (χ0v) is 29.2. The number of hydrogen-bond donors (Lipinski definition) is 2. The van der Waals surface area contributed by atoms with Crippen molar-refractivity contribution in [3.63, 3.8) is 0 Å². The highest BCUT2D eigenvalue weighted by molar-refractivity contribution is 5.88. The third-order valence-electron chi connectivity index (χ3n) is 17.1. The summed E-state index contributed by atoms with van der Waals surface area (Å²) in [5, 5.41) is 20.1. The number of ether oxygens (including phenoxy) is 2. The molecule has 2 N–H and O–H groups in total. The van der Waals surface area contributed by atoms with E-state index in [2.05, 4.69) is 0 Å². The van der Waals surface area contributed by atoms with E-state index < -0.39 is 17.7 Å². The predicted molar refractivity (Wildman–Crippen MR) is 187 cm³/mol. The van der Waals surface area contributed by atoms with E-state index in [4.69, 9.17) is 9.47 Å². The molecule has 12 saturated carbocycles. The molecule has 2 aromatic carbocycles. The molecular weight excluding hydrogens is 624 g/mol. The monoisotopic (exact) mass is 676 g/mol. The van der Waals surface area contributed by atoms with Crippen LogP contribution in [0.2, 0.25) is 0 Å². The maximum Gasteiger partial charge on any atom is 0.335 e. The molecule has 12 aliphatic carbocycles. The summed E-state index contributed by atoms with van der Waals surface area (Å²) in [5.74, 6) is 5.45. The SMILES string of the molecule is O=C(O)c1cccc(OC2(Oc3cccc(C(=O)O)c3)C3CC4CC(C3)CC2(C23CC5CC(CC(C5)C2C25CC6CC(CC(C6)C2)C5)C3)C4)c1. The van der Waals surface area contributed by atoms with E-state index in [-0.39, 0.29) is 27.9 Å². The number of hydrogen-bond acceptors (Lipinski definition) is 4. The van der Waals surface area contributed by atoms with E-state index in [1.54, 1.807) is 24.3 Å². The van der Waals surface area contributed by atoms with E-state index in [0.29, 0.717) is 34.7 Å². The van der Waals surface area contributed by atoms with Crippen LogP contribution in [0.25, 0.3) is 0 Å². The molecule has 0 aliphatic heterocycles. The topological polar surface area (TPSA) is 93.1 Å². The minimum Gasteiger partial charge on any atom is -0.478 e. The van der Waals surface area contributed by atoms with Gasteiger partial charge in [-0.15, -0.1) is 0 Å². The van der Waals surface area contributed by atoms with Crippen LogP contribution in [-0.2, 0) is 0 Å². The van der Waals surface area contributed by atoms with E-state index in [1.165, 1.54) is 77.0 Å². The van der Waals surface area contributed by atoms with Gasteiger partial charge in [-0.05, 0) is 203 Å². The number of carboxylic acid groups (broad SMARTS) is 2. The molecule has 12 aliphatic rings. The zero-order valence-electron chi connectivity index (χ0n) is 29.2. The maximum absolute atomic E-state index is 12.3. The molecule has 0 heterocycles. The van der Waals surface area contributed by atoms with Crippen molar-refractivity contribution in [3.8, 4) is 11.5 Å². The largest absolute Gasteiger partial charge is 0.478 e. The van der Waals surface area contributed by atoms with Crippen LogP contribution in [0.1, 0.15) is 123 Å². The van der Waals surface area contributed by atoms with Gasteiger partial charge in [0.05, 0.1) is 16.5 Å². The highest BCUT2D eigenvalue weighted by atomic mass is 16.7. The van der Waals surface area contributed by atoms with Gasteiger partial charge in [0.25, 0.3) is 5.79 Å². The van der Waals surface area contributed by atoms with Crippen molar-refractivity contribution in [2.24, 2.45) is 75.4 Å². The van der Waals surface area contributed by atoms with Crippen molar-refractivity contribution in [2.75, 3.05) is 0 Å². The Balaban J connectivity index is 1.14. The summed E-state index contributed by atoms with van der Waals surface area (Å²) in [7, 11) is 0. The number of carbonyl (C=O) groups is 2. The lowest BCUT2D eigenvalue weighted by molar-refractivity contribution is -0.379. The molecule has 5 atom stereocenters. The summed E-state index contributed by atoms with van der Waals surface area (Å²) < 4.78 is 15.2. The molecule has 12 fully saturated rings.